The van der Waals surface area contributed by atoms with Gasteiger partial charge in [0.25, 0.3) is 0 Å². The lowest BCUT2D eigenvalue weighted by atomic mass is 9.85. The molecule has 1 aromatic heterocycles. The topological polar surface area (TPSA) is 24.9 Å². The number of rotatable bonds is 8. The first-order valence-corrected chi connectivity index (χ1v) is 21.6. The molecule has 0 saturated heterocycles. The van der Waals surface area contributed by atoms with Crippen LogP contribution in [0.2, 0.25) is 0 Å². The highest BCUT2D eigenvalue weighted by atomic mass is 14.9. The molecule has 0 spiro atoms. The summed E-state index contributed by atoms with van der Waals surface area (Å²) in [6.07, 6.45) is 8.87. The summed E-state index contributed by atoms with van der Waals surface area (Å²) in [6.45, 7) is 0. The van der Waals surface area contributed by atoms with Crippen molar-refractivity contribution in [1.29, 1.82) is 0 Å². The average Bonchev–Trinajstić information content (AvgIpc) is 3.37. The third kappa shape index (κ3) is 7.37. The molecule has 62 heavy (non-hydrogen) atoms. The van der Waals surface area contributed by atoms with E-state index in [4.69, 9.17) is 4.98 Å². The SMILES string of the molecule is C1=C(c2ccccc2)CCC(c2cc(-c3ccc(-c4ccc5c6c(ccc5c4)NC(c4ccccc4)C=C6c4ccccc4)cc3)cc(-c3ccc(-c4ccccc4)cc3)n2)=C1. The number of nitrogens with one attached hydrogen (secondary N) is 1. The van der Waals surface area contributed by atoms with E-state index in [1.807, 2.05) is 0 Å². The Bertz CT molecular complexity index is 3140. The van der Waals surface area contributed by atoms with Crippen molar-refractivity contribution in [2.45, 2.75) is 18.9 Å². The molecule has 0 saturated carbocycles. The summed E-state index contributed by atoms with van der Waals surface area (Å²) in [5, 5.41) is 6.31. The Morgan fingerprint density at radius 3 is 1.56 bits per heavy atom. The molecule has 2 heteroatoms. The van der Waals surface area contributed by atoms with Crippen molar-refractivity contribution in [3.8, 4) is 44.6 Å². The average molecular weight is 793 g/mol. The lowest BCUT2D eigenvalue weighted by Crippen LogP contribution is -2.15. The molecule has 11 rings (SSSR count). The summed E-state index contributed by atoms with van der Waals surface area (Å²) in [4.78, 5) is 5.32. The zero-order valence-electron chi connectivity index (χ0n) is 34.4. The molecule has 1 unspecified atom stereocenters. The second-order valence-electron chi connectivity index (χ2n) is 16.3. The minimum absolute atomic E-state index is 0.0885. The first-order valence-electron chi connectivity index (χ1n) is 21.6. The van der Waals surface area contributed by atoms with Crippen LogP contribution in [0, 0.1) is 0 Å². The number of benzene rings is 8. The molecule has 0 bridgehead atoms. The third-order valence-corrected chi connectivity index (χ3v) is 12.5. The molecule has 2 nitrogen and oxygen atoms in total. The maximum absolute atomic E-state index is 5.32. The number of hydrogen-bond donors (Lipinski definition) is 1. The Balaban J connectivity index is 0.937. The molecule has 0 fully saturated rings. The van der Waals surface area contributed by atoms with Gasteiger partial charge in [0.15, 0.2) is 0 Å². The molecular weight excluding hydrogens is 749 g/mol. The van der Waals surface area contributed by atoms with Crippen LogP contribution in [0.4, 0.5) is 5.69 Å². The van der Waals surface area contributed by atoms with Crippen molar-refractivity contribution in [2.24, 2.45) is 0 Å². The standard InChI is InChI=1S/C60H44N2/c1-5-13-41(14-6-1)43-25-29-49(30-26-43)57-38-53(39-58(62-57)50-31-27-44(28-32-50)42-15-7-2-8-16-42)46-23-21-45(22-24-46)51-33-35-54-52(37-51)34-36-56-60(54)55(47-17-9-3-10-18-47)40-59(61-56)48-19-11-4-12-20-48/h1-27,29-31,33-40,59,61H,28,32H2. The summed E-state index contributed by atoms with van der Waals surface area (Å²) >= 11 is 0. The summed E-state index contributed by atoms with van der Waals surface area (Å²) < 4.78 is 0. The number of pyridine rings is 1. The van der Waals surface area contributed by atoms with Gasteiger partial charge in [0.2, 0.25) is 0 Å². The van der Waals surface area contributed by atoms with Crippen molar-refractivity contribution in [3.63, 3.8) is 0 Å². The summed E-state index contributed by atoms with van der Waals surface area (Å²) in [5.74, 6) is 0. The Labute approximate surface area is 363 Å². The molecule has 2 aliphatic rings. The molecule has 0 radical (unpaired) electrons. The van der Waals surface area contributed by atoms with Gasteiger partial charge >= 0.3 is 0 Å². The summed E-state index contributed by atoms with van der Waals surface area (Å²) in [6, 6.07) is 76.7. The van der Waals surface area contributed by atoms with Crippen LogP contribution in [-0.2, 0) is 0 Å². The Morgan fingerprint density at radius 2 is 0.903 bits per heavy atom. The maximum Gasteiger partial charge on any atom is 0.0715 e. The molecule has 1 aliphatic heterocycles. The van der Waals surface area contributed by atoms with E-state index in [0.717, 1.165) is 41.0 Å². The smallest absolute Gasteiger partial charge is 0.0715 e. The highest BCUT2D eigenvalue weighted by molar-refractivity contribution is 6.05. The van der Waals surface area contributed by atoms with Crippen LogP contribution in [0.25, 0.3) is 72.1 Å². The summed E-state index contributed by atoms with van der Waals surface area (Å²) in [5.41, 5.74) is 20.3. The van der Waals surface area contributed by atoms with Gasteiger partial charge in [-0.1, -0.05) is 200 Å². The van der Waals surface area contributed by atoms with Crippen LogP contribution >= 0.6 is 0 Å². The second-order valence-corrected chi connectivity index (χ2v) is 16.3. The predicted octanol–water partition coefficient (Wildman–Crippen LogP) is 15.8. The van der Waals surface area contributed by atoms with Crippen molar-refractivity contribution >= 4 is 33.2 Å². The van der Waals surface area contributed by atoms with E-state index >= 15 is 0 Å². The van der Waals surface area contributed by atoms with E-state index in [1.54, 1.807) is 0 Å². The van der Waals surface area contributed by atoms with Crippen LogP contribution in [0.5, 0.6) is 0 Å². The van der Waals surface area contributed by atoms with Crippen molar-refractivity contribution < 1.29 is 0 Å². The molecule has 9 aromatic rings. The van der Waals surface area contributed by atoms with Gasteiger partial charge in [-0.05, 0) is 121 Å². The highest BCUT2D eigenvalue weighted by Crippen LogP contribution is 2.44. The fourth-order valence-corrected chi connectivity index (χ4v) is 9.15. The largest absolute Gasteiger partial charge is 0.374 e. The molecule has 294 valence electrons. The molecule has 8 aromatic carbocycles. The van der Waals surface area contributed by atoms with E-state index in [1.165, 1.54) is 77.6 Å². The van der Waals surface area contributed by atoms with Gasteiger partial charge in [-0.25, -0.2) is 4.98 Å². The lowest BCUT2D eigenvalue weighted by Gasteiger charge is -2.28. The van der Waals surface area contributed by atoms with Crippen molar-refractivity contribution in [1.82, 2.24) is 4.98 Å². The van der Waals surface area contributed by atoms with E-state index < -0.39 is 0 Å². The Hall–Kier alpha value is -7.81. The molecule has 0 amide bonds. The quantitative estimate of drug-likeness (QED) is 0.166. The Kier molecular flexibility index (Phi) is 9.80. The van der Waals surface area contributed by atoms with Crippen LogP contribution < -0.4 is 5.32 Å². The number of aromatic nitrogens is 1. The number of nitrogens with zero attached hydrogens (tertiary/aromatic N) is 1. The second kappa shape index (κ2) is 16.3. The predicted molar refractivity (Wildman–Crippen MR) is 261 cm³/mol. The molecule has 1 N–H and O–H groups in total. The van der Waals surface area contributed by atoms with Crippen LogP contribution in [0.1, 0.15) is 46.8 Å². The van der Waals surface area contributed by atoms with E-state index in [2.05, 4.69) is 236 Å². The number of allylic oxidation sites excluding steroid dienone is 4. The van der Waals surface area contributed by atoms with Crippen LogP contribution in [-0.4, -0.2) is 4.98 Å². The molecule has 1 aliphatic carbocycles. The zero-order valence-corrected chi connectivity index (χ0v) is 34.4. The summed E-state index contributed by atoms with van der Waals surface area (Å²) in [7, 11) is 0. The minimum atomic E-state index is 0.0885. The van der Waals surface area contributed by atoms with Gasteiger partial charge in [0, 0.05) is 16.8 Å². The van der Waals surface area contributed by atoms with Crippen molar-refractivity contribution in [3.05, 3.63) is 258 Å². The highest BCUT2D eigenvalue weighted by Gasteiger charge is 2.23. The first kappa shape index (κ1) is 37.2. The van der Waals surface area contributed by atoms with E-state index in [0.29, 0.717) is 0 Å². The lowest BCUT2D eigenvalue weighted by molar-refractivity contribution is 0.974. The van der Waals surface area contributed by atoms with E-state index in [9.17, 15) is 0 Å². The number of fused-ring (bicyclic) bond motifs is 3. The molecule has 1 atom stereocenters. The normalized spacial score (nSPS) is 14.6. The zero-order chi connectivity index (χ0) is 41.2. The third-order valence-electron chi connectivity index (χ3n) is 12.5. The van der Waals surface area contributed by atoms with E-state index in [-0.39, 0.29) is 6.04 Å². The monoisotopic (exact) mass is 792 g/mol. The molecule has 2 heterocycles. The maximum atomic E-state index is 5.32. The first-order chi connectivity index (χ1) is 30.7. The van der Waals surface area contributed by atoms with Gasteiger partial charge in [0.05, 0.1) is 17.4 Å². The molecular formula is C60H44N2. The fraction of sp³-hybridized carbons (Fsp3) is 0.0500. The number of hydrogen-bond acceptors (Lipinski definition) is 2. The number of anilines is 1. The van der Waals surface area contributed by atoms with Gasteiger partial charge in [-0.15, -0.1) is 0 Å². The van der Waals surface area contributed by atoms with Crippen LogP contribution in [0.15, 0.2) is 231 Å². The fourth-order valence-electron chi connectivity index (χ4n) is 9.15. The minimum Gasteiger partial charge on any atom is -0.374 e. The van der Waals surface area contributed by atoms with Gasteiger partial charge in [-0.2, -0.15) is 0 Å². The van der Waals surface area contributed by atoms with Crippen LogP contribution in [0.3, 0.4) is 0 Å². The van der Waals surface area contributed by atoms with Gasteiger partial charge < -0.3 is 5.32 Å². The van der Waals surface area contributed by atoms with Crippen molar-refractivity contribution in [2.75, 3.05) is 5.32 Å². The van der Waals surface area contributed by atoms with Gasteiger partial charge in [0.1, 0.15) is 0 Å². The Morgan fingerprint density at radius 1 is 0.387 bits per heavy atom. The van der Waals surface area contributed by atoms with Gasteiger partial charge in [-0.3, -0.25) is 0 Å².